The van der Waals surface area contributed by atoms with Crippen LogP contribution in [0.25, 0.3) is 0 Å². The minimum atomic E-state index is -1.45. The van der Waals surface area contributed by atoms with Gasteiger partial charge in [-0.3, -0.25) is 19.2 Å². The van der Waals surface area contributed by atoms with Crippen molar-refractivity contribution in [2.75, 3.05) is 6.54 Å². The Balaban J connectivity index is 2.18. The van der Waals surface area contributed by atoms with Crippen molar-refractivity contribution >= 4 is 29.6 Å². The molecular weight excluding hydrogens is 438 g/mol. The molecule has 0 bridgehead atoms. The second kappa shape index (κ2) is 11.4. The summed E-state index contributed by atoms with van der Waals surface area (Å²) in [5.74, 6) is -4.37. The van der Waals surface area contributed by atoms with E-state index in [1.165, 1.54) is 19.4 Å². The first kappa shape index (κ1) is 25.7. The smallest absolute Gasteiger partial charge is 0.326 e. The quantitative estimate of drug-likeness (QED) is 0.171. The summed E-state index contributed by atoms with van der Waals surface area (Å²) in [6, 6.07) is -5.05. The Labute approximate surface area is 189 Å². The van der Waals surface area contributed by atoms with Crippen molar-refractivity contribution in [2.45, 2.75) is 62.9 Å². The van der Waals surface area contributed by atoms with E-state index in [1.807, 2.05) is 0 Å². The Morgan fingerprint density at radius 1 is 1.27 bits per heavy atom. The molecule has 1 aromatic heterocycles. The number of nitrogens with zero attached hydrogens (tertiary/aromatic N) is 2. The minimum absolute atomic E-state index is 0.0664. The molecule has 0 saturated carbocycles. The fourth-order valence-electron chi connectivity index (χ4n) is 3.52. The Morgan fingerprint density at radius 2 is 1.97 bits per heavy atom. The van der Waals surface area contributed by atoms with Crippen LogP contribution in [-0.4, -0.2) is 91.5 Å². The molecule has 1 aromatic rings. The third-order valence-corrected chi connectivity index (χ3v) is 5.24. The molecule has 1 saturated heterocycles. The van der Waals surface area contributed by atoms with Gasteiger partial charge >= 0.3 is 5.97 Å². The summed E-state index contributed by atoms with van der Waals surface area (Å²) in [4.78, 5) is 68.5. The summed E-state index contributed by atoms with van der Waals surface area (Å²) >= 11 is 0. The number of nitrogens with two attached hydrogens (primary N) is 2. The van der Waals surface area contributed by atoms with Gasteiger partial charge in [0.15, 0.2) is 0 Å². The molecule has 2 rings (SSSR count). The lowest BCUT2D eigenvalue weighted by molar-refractivity contribution is -0.150. The highest BCUT2D eigenvalue weighted by molar-refractivity contribution is 5.95. The van der Waals surface area contributed by atoms with Gasteiger partial charge in [0.05, 0.1) is 24.9 Å². The molecule has 5 unspecified atom stereocenters. The van der Waals surface area contributed by atoms with Gasteiger partial charge in [0.1, 0.15) is 18.1 Å². The molecule has 14 heteroatoms. The number of imidazole rings is 1. The van der Waals surface area contributed by atoms with E-state index in [-0.39, 0.29) is 19.4 Å². The van der Waals surface area contributed by atoms with Gasteiger partial charge in [0.2, 0.25) is 23.6 Å². The topological polar surface area (TPSA) is 234 Å². The van der Waals surface area contributed by atoms with Gasteiger partial charge in [-0.2, -0.15) is 0 Å². The molecule has 2 heterocycles. The molecule has 9 N–H and O–H groups in total. The lowest BCUT2D eigenvalue weighted by atomic mass is 10.1. The number of aromatic nitrogens is 2. The zero-order valence-electron chi connectivity index (χ0n) is 18.1. The number of likely N-dealkylation sites (tertiary alicyclic amines) is 1. The Hall–Kier alpha value is -3.52. The second-order valence-corrected chi connectivity index (χ2v) is 7.87. The number of carboxylic acids is 1. The molecule has 0 aliphatic carbocycles. The highest BCUT2D eigenvalue weighted by Gasteiger charge is 2.40. The van der Waals surface area contributed by atoms with E-state index in [0.29, 0.717) is 12.1 Å². The Bertz CT molecular complexity index is 874. The number of carbonyl (C=O) groups excluding carboxylic acids is 4. The van der Waals surface area contributed by atoms with Crippen molar-refractivity contribution in [2.24, 2.45) is 11.5 Å². The maximum absolute atomic E-state index is 13.0. The van der Waals surface area contributed by atoms with E-state index >= 15 is 0 Å². The average molecular weight is 467 g/mol. The van der Waals surface area contributed by atoms with Crippen LogP contribution in [-0.2, 0) is 30.4 Å². The summed E-state index contributed by atoms with van der Waals surface area (Å²) in [6.45, 7) is 1.45. The zero-order valence-corrected chi connectivity index (χ0v) is 18.1. The number of aromatic amines is 1. The van der Waals surface area contributed by atoms with Crippen molar-refractivity contribution in [3.63, 3.8) is 0 Å². The molecule has 5 atom stereocenters. The molecule has 33 heavy (non-hydrogen) atoms. The van der Waals surface area contributed by atoms with Crippen LogP contribution in [0.3, 0.4) is 0 Å². The summed E-state index contributed by atoms with van der Waals surface area (Å²) in [6.07, 6.45) is 1.67. The number of carboxylic acid groups (broad SMARTS) is 1. The number of rotatable bonds is 11. The maximum atomic E-state index is 13.0. The Kier molecular flexibility index (Phi) is 8.87. The summed E-state index contributed by atoms with van der Waals surface area (Å²) in [5.41, 5.74) is 11.2. The van der Waals surface area contributed by atoms with E-state index in [2.05, 4.69) is 20.6 Å². The predicted molar refractivity (Wildman–Crippen MR) is 112 cm³/mol. The van der Waals surface area contributed by atoms with Crippen LogP contribution in [0.2, 0.25) is 0 Å². The van der Waals surface area contributed by atoms with Gasteiger partial charge in [0.25, 0.3) is 0 Å². The van der Waals surface area contributed by atoms with Crippen molar-refractivity contribution in [1.82, 2.24) is 25.5 Å². The van der Waals surface area contributed by atoms with Gasteiger partial charge in [-0.15, -0.1) is 0 Å². The number of H-pyrrole nitrogens is 1. The van der Waals surface area contributed by atoms with Crippen molar-refractivity contribution in [3.05, 3.63) is 18.2 Å². The zero-order chi connectivity index (χ0) is 24.7. The summed E-state index contributed by atoms with van der Waals surface area (Å²) < 4.78 is 0. The SMILES string of the molecule is CC(O)C(NC(=O)C(Cc1cnc[nH]1)NC(=O)C(N)CC(N)=O)C(=O)N1CCCC1C(=O)O. The number of carbonyl (C=O) groups is 5. The van der Waals surface area contributed by atoms with Crippen molar-refractivity contribution in [1.29, 1.82) is 0 Å². The molecule has 0 radical (unpaired) electrons. The highest BCUT2D eigenvalue weighted by atomic mass is 16.4. The van der Waals surface area contributed by atoms with E-state index in [9.17, 15) is 34.2 Å². The molecule has 1 aliphatic heterocycles. The van der Waals surface area contributed by atoms with E-state index in [1.54, 1.807) is 0 Å². The fourth-order valence-corrected chi connectivity index (χ4v) is 3.52. The summed E-state index contributed by atoms with van der Waals surface area (Å²) in [7, 11) is 0. The van der Waals surface area contributed by atoms with Crippen LogP contribution >= 0.6 is 0 Å². The number of nitrogens with one attached hydrogen (secondary N) is 3. The van der Waals surface area contributed by atoms with Crippen LogP contribution in [0.15, 0.2) is 12.5 Å². The molecule has 182 valence electrons. The number of hydrogen-bond donors (Lipinski definition) is 7. The molecule has 0 spiro atoms. The molecule has 1 aliphatic rings. The number of amides is 4. The monoisotopic (exact) mass is 467 g/mol. The van der Waals surface area contributed by atoms with Crippen molar-refractivity contribution in [3.8, 4) is 0 Å². The molecule has 4 amide bonds. The average Bonchev–Trinajstić information content (AvgIpc) is 3.41. The van der Waals surface area contributed by atoms with Crippen molar-refractivity contribution < 1.29 is 34.2 Å². The first-order valence-corrected chi connectivity index (χ1v) is 10.3. The van der Waals surface area contributed by atoms with Crippen LogP contribution < -0.4 is 22.1 Å². The predicted octanol–water partition coefficient (Wildman–Crippen LogP) is -3.42. The van der Waals surface area contributed by atoms with Gasteiger partial charge in [-0.25, -0.2) is 9.78 Å². The summed E-state index contributed by atoms with van der Waals surface area (Å²) in [5, 5.41) is 24.3. The largest absolute Gasteiger partial charge is 0.480 e. The van der Waals surface area contributed by atoms with Gasteiger partial charge in [-0.05, 0) is 19.8 Å². The van der Waals surface area contributed by atoms with Crippen LogP contribution in [0.1, 0.15) is 31.9 Å². The van der Waals surface area contributed by atoms with Gasteiger partial charge in [-0.1, -0.05) is 0 Å². The van der Waals surface area contributed by atoms with Gasteiger partial charge in [0, 0.05) is 24.9 Å². The highest BCUT2D eigenvalue weighted by Crippen LogP contribution is 2.19. The minimum Gasteiger partial charge on any atom is -0.480 e. The first-order chi connectivity index (χ1) is 15.5. The van der Waals surface area contributed by atoms with Gasteiger partial charge < -0.3 is 42.2 Å². The molecule has 14 nitrogen and oxygen atoms in total. The standard InChI is InChI=1S/C19H29N7O7/c1-9(27)15(18(31)26-4-2-3-13(26)19(32)33)25-17(30)12(5-10-7-22-8-23-10)24-16(29)11(20)6-14(21)28/h7-9,11-13,15,27H,2-6,20H2,1H3,(H2,21,28)(H,22,23)(H,24,29)(H,25,30)(H,32,33). The first-order valence-electron chi connectivity index (χ1n) is 10.3. The normalized spacial score (nSPS) is 19.2. The van der Waals surface area contributed by atoms with Crippen LogP contribution in [0.5, 0.6) is 0 Å². The fraction of sp³-hybridized carbons (Fsp3) is 0.579. The lowest BCUT2D eigenvalue weighted by Gasteiger charge is -2.30. The van der Waals surface area contributed by atoms with E-state index in [0.717, 1.165) is 4.90 Å². The number of primary amides is 1. The molecule has 1 fully saturated rings. The second-order valence-electron chi connectivity index (χ2n) is 7.87. The lowest BCUT2D eigenvalue weighted by Crippen LogP contribution is -2.60. The van der Waals surface area contributed by atoms with Crippen LogP contribution in [0.4, 0.5) is 0 Å². The molecule has 0 aromatic carbocycles. The molecular formula is C19H29N7O7. The Morgan fingerprint density at radius 3 is 2.52 bits per heavy atom. The maximum Gasteiger partial charge on any atom is 0.326 e. The number of aliphatic hydroxyl groups excluding tert-OH is 1. The number of aliphatic carboxylic acids is 1. The number of hydrogen-bond acceptors (Lipinski definition) is 8. The third-order valence-electron chi connectivity index (χ3n) is 5.24. The third kappa shape index (κ3) is 6.98. The van der Waals surface area contributed by atoms with E-state index in [4.69, 9.17) is 11.5 Å². The van der Waals surface area contributed by atoms with E-state index < -0.39 is 66.3 Å². The van der Waals surface area contributed by atoms with Crippen LogP contribution in [0, 0.1) is 0 Å². The number of aliphatic hydroxyl groups is 1.